The summed E-state index contributed by atoms with van der Waals surface area (Å²) in [6.07, 6.45) is 0.213. The van der Waals surface area contributed by atoms with Gasteiger partial charge in [0, 0.05) is 19.6 Å². The van der Waals surface area contributed by atoms with Crippen molar-refractivity contribution in [3.05, 3.63) is 0 Å². The van der Waals surface area contributed by atoms with Gasteiger partial charge in [0.05, 0.1) is 33.0 Å². The summed E-state index contributed by atoms with van der Waals surface area (Å²) >= 11 is 0. The van der Waals surface area contributed by atoms with Crippen molar-refractivity contribution in [1.82, 2.24) is 4.90 Å². The Morgan fingerprint density at radius 3 is 2.12 bits per heavy atom. The highest BCUT2D eigenvalue weighted by Crippen LogP contribution is 2.19. The van der Waals surface area contributed by atoms with Gasteiger partial charge < -0.3 is 22.4 Å². The van der Waals surface area contributed by atoms with Crippen molar-refractivity contribution in [3.63, 3.8) is 0 Å². The van der Waals surface area contributed by atoms with E-state index in [2.05, 4.69) is 4.90 Å². The Balaban J connectivity index is 1.63. The van der Waals surface area contributed by atoms with Crippen LogP contribution < -0.4 is 0 Å². The van der Waals surface area contributed by atoms with E-state index in [0.717, 1.165) is 26.2 Å². The molecule has 16 heavy (non-hydrogen) atoms. The van der Waals surface area contributed by atoms with E-state index in [9.17, 15) is 0 Å². The summed E-state index contributed by atoms with van der Waals surface area (Å²) in [5, 5.41) is 0. The lowest BCUT2D eigenvalue weighted by Gasteiger charge is -2.36. The van der Waals surface area contributed by atoms with Crippen LogP contribution in [-0.4, -0.2) is 72.7 Å². The van der Waals surface area contributed by atoms with Gasteiger partial charge in [-0.1, -0.05) is 0 Å². The molecule has 4 aliphatic heterocycles. The molecule has 4 rings (SSSR count). The standard InChI is InChI=1S/C9H17NO5Si/c1-4-12-16(15-8-9-7-11-9)13-5-2-10(1)3-6-14-16/h9H,1-8H2. The lowest BCUT2D eigenvalue weighted by Crippen LogP contribution is -2.57. The number of rotatable bonds is 3. The number of nitrogens with zero attached hydrogens (tertiary/aromatic N) is 1. The molecular formula is C9H17NO5Si. The maximum absolute atomic E-state index is 5.72. The summed E-state index contributed by atoms with van der Waals surface area (Å²) in [5.41, 5.74) is 0. The van der Waals surface area contributed by atoms with Crippen molar-refractivity contribution in [1.29, 1.82) is 0 Å². The second-order valence-corrected chi connectivity index (χ2v) is 6.31. The molecule has 4 saturated heterocycles. The molecule has 0 aromatic heterocycles. The Morgan fingerprint density at radius 1 is 1.06 bits per heavy atom. The van der Waals surface area contributed by atoms with Gasteiger partial charge in [0.15, 0.2) is 0 Å². The molecule has 0 aromatic carbocycles. The largest absolute Gasteiger partial charge is 0.679 e. The highest BCUT2D eigenvalue weighted by Gasteiger charge is 2.49. The zero-order chi connectivity index (χ0) is 10.8. The Kier molecular flexibility index (Phi) is 3.25. The van der Waals surface area contributed by atoms with E-state index in [1.165, 1.54) is 0 Å². The van der Waals surface area contributed by atoms with Crippen molar-refractivity contribution in [3.8, 4) is 0 Å². The smallest absolute Gasteiger partial charge is 0.371 e. The third kappa shape index (κ3) is 2.62. The molecule has 4 heterocycles. The van der Waals surface area contributed by atoms with Gasteiger partial charge in [-0.05, 0) is 0 Å². The van der Waals surface area contributed by atoms with E-state index in [1.54, 1.807) is 0 Å². The predicted molar refractivity (Wildman–Crippen MR) is 55.7 cm³/mol. The Hall–Kier alpha value is -0.0231. The van der Waals surface area contributed by atoms with Gasteiger partial charge in [-0.3, -0.25) is 4.90 Å². The number of hydrogen-bond acceptors (Lipinski definition) is 6. The molecule has 4 fully saturated rings. The molecule has 0 aliphatic carbocycles. The third-order valence-electron chi connectivity index (χ3n) is 2.91. The minimum absolute atomic E-state index is 0.213. The molecule has 6 nitrogen and oxygen atoms in total. The van der Waals surface area contributed by atoms with Gasteiger partial charge in [0.1, 0.15) is 6.10 Å². The van der Waals surface area contributed by atoms with Crippen LogP contribution in [0.15, 0.2) is 0 Å². The zero-order valence-electron chi connectivity index (χ0n) is 9.22. The first-order chi connectivity index (χ1) is 7.86. The van der Waals surface area contributed by atoms with E-state index in [4.69, 9.17) is 22.4 Å². The van der Waals surface area contributed by atoms with E-state index in [1.807, 2.05) is 0 Å². The lowest BCUT2D eigenvalue weighted by atomic mass is 10.4. The molecule has 0 radical (unpaired) electrons. The second-order valence-electron chi connectivity index (χ2n) is 4.15. The maximum atomic E-state index is 5.72. The molecule has 1 atom stereocenters. The van der Waals surface area contributed by atoms with E-state index < -0.39 is 9.05 Å². The molecule has 1 unspecified atom stereocenters. The fourth-order valence-electron chi connectivity index (χ4n) is 1.84. The third-order valence-corrected chi connectivity index (χ3v) is 5.10. The van der Waals surface area contributed by atoms with Gasteiger partial charge in [0.2, 0.25) is 0 Å². The van der Waals surface area contributed by atoms with Crippen molar-refractivity contribution in [2.75, 3.05) is 52.7 Å². The van der Waals surface area contributed by atoms with Crippen molar-refractivity contribution < 1.29 is 22.4 Å². The molecule has 7 heteroatoms. The summed E-state index contributed by atoms with van der Waals surface area (Å²) in [4.78, 5) is 2.28. The monoisotopic (exact) mass is 247 g/mol. The molecule has 0 saturated carbocycles. The van der Waals surface area contributed by atoms with Gasteiger partial charge in [-0.15, -0.1) is 0 Å². The second kappa shape index (κ2) is 4.69. The van der Waals surface area contributed by atoms with E-state index in [0.29, 0.717) is 26.4 Å². The molecule has 92 valence electrons. The number of epoxide rings is 1. The fraction of sp³-hybridized carbons (Fsp3) is 1.00. The van der Waals surface area contributed by atoms with Crippen molar-refractivity contribution in [2.45, 2.75) is 6.10 Å². The van der Waals surface area contributed by atoms with Crippen LogP contribution in [0.25, 0.3) is 0 Å². The SMILES string of the molecule is C1CN2CCO[Si](OCC3CO3)(O1)OCC2. The summed E-state index contributed by atoms with van der Waals surface area (Å²) in [7, 11) is -2.86. The van der Waals surface area contributed by atoms with Crippen LogP contribution in [0.5, 0.6) is 0 Å². The molecule has 0 N–H and O–H groups in total. The summed E-state index contributed by atoms with van der Waals surface area (Å²) in [5.74, 6) is 0. The first kappa shape index (κ1) is 11.1. The Labute approximate surface area is 95.8 Å². The van der Waals surface area contributed by atoms with Crippen LogP contribution in [0.4, 0.5) is 0 Å². The van der Waals surface area contributed by atoms with E-state index in [-0.39, 0.29) is 6.10 Å². The average molecular weight is 247 g/mol. The molecule has 2 bridgehead atoms. The first-order valence-electron chi connectivity index (χ1n) is 5.76. The van der Waals surface area contributed by atoms with Crippen LogP contribution in [0.1, 0.15) is 0 Å². The highest BCUT2D eigenvalue weighted by atomic mass is 28.4. The van der Waals surface area contributed by atoms with Crippen molar-refractivity contribution in [2.24, 2.45) is 0 Å². The zero-order valence-corrected chi connectivity index (χ0v) is 10.2. The van der Waals surface area contributed by atoms with Gasteiger partial charge in [0.25, 0.3) is 0 Å². The molecule has 4 aliphatic rings. The lowest BCUT2D eigenvalue weighted by molar-refractivity contribution is -0.0759. The normalized spacial score (nSPS) is 43.5. The summed E-state index contributed by atoms with van der Waals surface area (Å²) in [6.45, 7) is 5.97. The number of ether oxygens (including phenoxy) is 1. The maximum Gasteiger partial charge on any atom is 0.679 e. The number of hydrogen-bond donors (Lipinski definition) is 0. The Bertz CT molecular complexity index is 224. The molecule has 0 amide bonds. The van der Waals surface area contributed by atoms with Gasteiger partial charge >= 0.3 is 9.05 Å². The highest BCUT2D eigenvalue weighted by molar-refractivity contribution is 6.53. The average Bonchev–Trinajstić information content (AvgIpc) is 2.97. The Morgan fingerprint density at radius 2 is 1.62 bits per heavy atom. The van der Waals surface area contributed by atoms with Crippen molar-refractivity contribution >= 4 is 9.05 Å². The van der Waals surface area contributed by atoms with Crippen LogP contribution >= 0.6 is 0 Å². The summed E-state index contributed by atoms with van der Waals surface area (Å²) < 4.78 is 27.9. The van der Waals surface area contributed by atoms with Crippen LogP contribution in [0, 0.1) is 0 Å². The van der Waals surface area contributed by atoms with Crippen LogP contribution in [0.2, 0.25) is 0 Å². The van der Waals surface area contributed by atoms with Gasteiger partial charge in [-0.25, -0.2) is 0 Å². The van der Waals surface area contributed by atoms with Crippen LogP contribution in [-0.2, 0) is 22.4 Å². The quantitative estimate of drug-likeness (QED) is 0.481. The van der Waals surface area contributed by atoms with E-state index >= 15 is 0 Å². The molecular weight excluding hydrogens is 230 g/mol. The minimum Gasteiger partial charge on any atom is -0.371 e. The molecule has 0 spiro atoms. The summed E-state index contributed by atoms with van der Waals surface area (Å²) in [6, 6.07) is 0. The predicted octanol–water partition coefficient (Wildman–Crippen LogP) is -0.784. The molecule has 0 aromatic rings. The first-order valence-corrected chi connectivity index (χ1v) is 7.39. The topological polar surface area (TPSA) is 52.7 Å². The van der Waals surface area contributed by atoms with Crippen LogP contribution in [0.3, 0.4) is 0 Å². The fourth-order valence-corrected chi connectivity index (χ4v) is 3.76. The number of fused-ring (bicyclic) bond motifs is 6. The minimum atomic E-state index is -2.86. The van der Waals surface area contributed by atoms with Gasteiger partial charge in [-0.2, -0.15) is 0 Å².